The fraction of sp³-hybridized carbons (Fsp3) is 0.190. The normalized spacial score (nSPS) is 11.5. The lowest BCUT2D eigenvalue weighted by Crippen LogP contribution is -2.18. The van der Waals surface area contributed by atoms with E-state index in [1.54, 1.807) is 30.3 Å². The third-order valence-electron chi connectivity index (χ3n) is 4.56. The van der Waals surface area contributed by atoms with Gasteiger partial charge in [-0.2, -0.15) is 18.3 Å². The number of hydrogen-bond acceptors (Lipinski definition) is 5. The highest BCUT2D eigenvalue weighted by Gasteiger charge is 2.35. The number of rotatable bonds is 4. The van der Waals surface area contributed by atoms with Crippen LogP contribution in [0.15, 0.2) is 48.9 Å². The summed E-state index contributed by atoms with van der Waals surface area (Å²) in [6.07, 6.45) is 0.143. The van der Waals surface area contributed by atoms with E-state index in [4.69, 9.17) is 4.74 Å². The van der Waals surface area contributed by atoms with Gasteiger partial charge in [-0.15, -0.1) is 0 Å². The molecule has 0 aliphatic carbocycles. The number of ether oxygens (including phenoxy) is 1. The van der Waals surface area contributed by atoms with E-state index in [-0.39, 0.29) is 5.82 Å². The lowest BCUT2D eigenvalue weighted by atomic mass is 10.2. The van der Waals surface area contributed by atoms with Crippen LogP contribution >= 0.6 is 0 Å². The quantitative estimate of drug-likeness (QED) is 0.372. The van der Waals surface area contributed by atoms with E-state index in [1.165, 1.54) is 17.1 Å². The third kappa shape index (κ3) is 4.84. The fourth-order valence-corrected chi connectivity index (χ4v) is 3.19. The van der Waals surface area contributed by atoms with Gasteiger partial charge in [0.2, 0.25) is 5.88 Å². The van der Waals surface area contributed by atoms with Crippen molar-refractivity contribution in [1.82, 2.24) is 24.3 Å². The van der Waals surface area contributed by atoms with Crippen LogP contribution in [0.4, 0.5) is 23.8 Å². The minimum Gasteiger partial charge on any atom is -0.439 e. The van der Waals surface area contributed by atoms with Gasteiger partial charge in [0.1, 0.15) is 37.6 Å². The van der Waals surface area contributed by atoms with Crippen LogP contribution in [-0.4, -0.2) is 55.2 Å². The van der Waals surface area contributed by atoms with Crippen LogP contribution < -0.4 is 10.1 Å². The zero-order chi connectivity index (χ0) is 23.8. The van der Waals surface area contributed by atoms with Crippen molar-refractivity contribution in [2.24, 2.45) is 7.05 Å². The van der Waals surface area contributed by atoms with Crippen LogP contribution in [0, 0.1) is 0 Å². The first-order valence-corrected chi connectivity index (χ1v) is 9.65. The molecule has 0 radical (unpaired) electrons. The zero-order valence-electron chi connectivity index (χ0n) is 17.8. The number of alkyl halides is 3. The number of anilines is 1. The smallest absolute Gasteiger partial charge is 0.433 e. The molecule has 0 aliphatic heterocycles. The Morgan fingerprint density at radius 2 is 1.94 bits per heavy atom. The number of benzene rings is 1. The van der Waals surface area contributed by atoms with Crippen molar-refractivity contribution in [3.8, 4) is 11.6 Å². The molecule has 4 rings (SSSR count). The lowest BCUT2D eigenvalue weighted by molar-refractivity contribution is -0.458. The Hall–Kier alpha value is -4.22. The van der Waals surface area contributed by atoms with Crippen LogP contribution in [0.1, 0.15) is 11.4 Å². The van der Waals surface area contributed by atoms with Crippen LogP contribution in [0.5, 0.6) is 11.6 Å². The lowest BCUT2D eigenvalue weighted by Gasteiger charge is -2.07. The topological polar surface area (TPSA) is 89.9 Å². The van der Waals surface area contributed by atoms with E-state index in [9.17, 15) is 18.0 Å². The van der Waals surface area contributed by atoms with Crippen molar-refractivity contribution in [2.45, 2.75) is 6.18 Å². The van der Waals surface area contributed by atoms with Crippen LogP contribution in [0.25, 0.3) is 10.9 Å². The van der Waals surface area contributed by atoms with Crippen molar-refractivity contribution in [1.29, 1.82) is 0 Å². The molecule has 33 heavy (non-hydrogen) atoms. The van der Waals surface area contributed by atoms with E-state index in [2.05, 4.69) is 20.4 Å². The van der Waals surface area contributed by atoms with E-state index in [0.717, 1.165) is 13.1 Å². The van der Waals surface area contributed by atoms with Crippen LogP contribution in [0.3, 0.4) is 0 Å². The number of aryl methyl sites for hydroxylation is 1. The number of fused-ring (bicyclic) bond motifs is 1. The van der Waals surface area contributed by atoms with Crippen molar-refractivity contribution in [3.05, 3.63) is 60.3 Å². The van der Waals surface area contributed by atoms with Crippen LogP contribution in [0.2, 0.25) is 0 Å². The first kappa shape index (κ1) is 22.0. The number of halogens is 3. The molecular weight excluding hydrogens is 439 g/mol. The molecule has 0 unspecified atom stereocenters. The molecule has 1 N–H and O–H groups in total. The Bertz CT molecular complexity index is 1370. The maximum absolute atomic E-state index is 13.0. The van der Waals surface area contributed by atoms with Crippen molar-refractivity contribution in [3.63, 3.8) is 0 Å². The zero-order valence-corrected chi connectivity index (χ0v) is 17.8. The summed E-state index contributed by atoms with van der Waals surface area (Å²) in [6.45, 7) is 0. The van der Waals surface area contributed by atoms with Gasteiger partial charge in [0.25, 0.3) is 0 Å². The van der Waals surface area contributed by atoms with Gasteiger partial charge in [0.05, 0.1) is 5.52 Å². The Morgan fingerprint density at radius 1 is 1.15 bits per heavy atom. The minimum atomic E-state index is -4.57. The van der Waals surface area contributed by atoms with E-state index in [0.29, 0.717) is 32.9 Å². The number of carbonyl (C=O) groups excluding carboxylic acids is 1. The van der Waals surface area contributed by atoms with Gasteiger partial charge in [-0.1, -0.05) is 0 Å². The number of amides is 1. The van der Waals surface area contributed by atoms with Gasteiger partial charge in [-0.3, -0.25) is 14.6 Å². The number of nitrogens with zero attached hydrogens (tertiary/aromatic N) is 6. The van der Waals surface area contributed by atoms with Gasteiger partial charge >= 0.3 is 12.2 Å². The number of nitrogens with one attached hydrogen (secondary N) is 1. The van der Waals surface area contributed by atoms with Gasteiger partial charge in [0.15, 0.2) is 12.0 Å². The second-order valence-electron chi connectivity index (χ2n) is 7.35. The second kappa shape index (κ2) is 8.37. The summed E-state index contributed by atoms with van der Waals surface area (Å²) in [7, 11) is 4.91. The Morgan fingerprint density at radius 3 is 2.64 bits per heavy atom. The molecule has 170 valence electrons. The Labute approximate surface area is 185 Å². The predicted molar refractivity (Wildman–Crippen MR) is 114 cm³/mol. The Kier molecular flexibility index (Phi) is 5.58. The first-order valence-electron chi connectivity index (χ1n) is 9.65. The van der Waals surface area contributed by atoms with Crippen molar-refractivity contribution in [2.75, 3.05) is 19.4 Å². The molecule has 0 saturated heterocycles. The molecule has 9 nitrogen and oxygen atoms in total. The number of carbonyl (C=O) groups is 1. The number of aromatic nitrogens is 5. The van der Waals surface area contributed by atoms with E-state index < -0.39 is 17.9 Å². The van der Waals surface area contributed by atoms with Gasteiger partial charge < -0.3 is 4.74 Å². The minimum absolute atomic E-state index is 0.203. The van der Waals surface area contributed by atoms with E-state index >= 15 is 0 Å². The summed E-state index contributed by atoms with van der Waals surface area (Å²) in [5.74, 6) is 0.644. The average molecular weight is 458 g/mol. The summed E-state index contributed by atoms with van der Waals surface area (Å²) < 4.78 is 48.4. The molecule has 3 heterocycles. The largest absolute Gasteiger partial charge is 0.439 e. The molecule has 1 amide bonds. The van der Waals surface area contributed by atoms with Crippen molar-refractivity contribution < 1.29 is 27.3 Å². The van der Waals surface area contributed by atoms with Crippen molar-refractivity contribution >= 4 is 29.0 Å². The monoisotopic (exact) mass is 458 g/mol. The number of hydrogen-bond donors (Lipinski definition) is 1. The highest BCUT2D eigenvalue weighted by atomic mass is 19.4. The molecule has 0 atom stereocenters. The molecule has 1 aromatic carbocycles. The fourth-order valence-electron chi connectivity index (χ4n) is 3.19. The standard InChI is InChI=1S/C21H18F3N7O2/c1-29(2)11-14-9-19(26-12-25-14)33-15-4-5-16-13(8-15)6-7-31(16)20(32)27-18-10-17(21(22,23)24)30(3)28-18/h4-12H,1-3H3/p+1. The highest BCUT2D eigenvalue weighted by Crippen LogP contribution is 2.30. The average Bonchev–Trinajstić information content (AvgIpc) is 3.30. The highest BCUT2D eigenvalue weighted by molar-refractivity contribution is 5.98. The summed E-state index contributed by atoms with van der Waals surface area (Å²) in [5, 5.41) is 6.78. The first-order chi connectivity index (χ1) is 15.6. The predicted octanol–water partition coefficient (Wildman–Crippen LogP) is 3.75. The summed E-state index contributed by atoms with van der Waals surface area (Å²) in [4.78, 5) is 20.9. The third-order valence-corrected chi connectivity index (χ3v) is 4.56. The Balaban J connectivity index is 1.54. The molecule has 0 spiro atoms. The van der Waals surface area contributed by atoms with Gasteiger partial charge in [0, 0.05) is 30.8 Å². The SMILES string of the molecule is Cn1nc(NC(=O)n2ccc3cc(Oc4cc(C=[N+](C)C)ncn4)ccc32)cc1C(F)(F)F. The molecule has 3 aromatic heterocycles. The summed E-state index contributed by atoms with van der Waals surface area (Å²) in [6, 6.07) is 8.55. The molecular formula is C21H19F3N7O2+. The second-order valence-corrected chi connectivity index (χ2v) is 7.35. The molecule has 0 saturated carbocycles. The molecule has 0 aliphatic rings. The van der Waals surface area contributed by atoms with Gasteiger partial charge in [-0.05, 0) is 24.3 Å². The van der Waals surface area contributed by atoms with Crippen LogP contribution in [-0.2, 0) is 13.2 Å². The maximum Gasteiger partial charge on any atom is 0.433 e. The molecule has 0 fully saturated rings. The summed E-state index contributed by atoms with van der Waals surface area (Å²) in [5.41, 5.74) is 0.251. The summed E-state index contributed by atoms with van der Waals surface area (Å²) >= 11 is 0. The van der Waals surface area contributed by atoms with Gasteiger partial charge in [-0.25, -0.2) is 19.3 Å². The molecule has 0 bridgehead atoms. The van der Waals surface area contributed by atoms with E-state index in [1.807, 2.05) is 24.9 Å². The molecule has 4 aromatic rings. The maximum atomic E-state index is 13.0. The molecule has 12 heteroatoms.